The fraction of sp³-hybridized carbons (Fsp3) is 0.766. The molecule has 14 nitrogen and oxygen atoms in total. The molecule has 62 heavy (non-hydrogen) atoms. The average Bonchev–Trinajstić information content (AvgIpc) is 3.47. The molecule has 0 radical (unpaired) electrons. The van der Waals surface area contributed by atoms with E-state index < -0.39 is 90.8 Å². The number of aliphatic hydroxyl groups excluding tert-OH is 3. The Morgan fingerprint density at radius 3 is 2.23 bits per heavy atom. The third-order valence-electron chi connectivity index (χ3n) is 15.7. The number of aliphatic hydroxyl groups is 4. The molecular weight excluding hydrogens is 824 g/mol. The SMILES string of the molecule is COc1ccc(C(=O)O[C@H]2[C@H](O[C@@H]3[C@@H](OC(C)=O)[C@H](O[C@H]4C[C@H]5[C@@H]6CC=C7C[C@@H](Cl)CC[C@]7(C)[C@H]6CC[C@]5(C)[C@@]4(O)[C@H](C)C(=O)CCC(C)C)OC[C@@H]3O)OC[C@@H](O)[C@@H]2O)cc1. The van der Waals surface area contributed by atoms with Crippen LogP contribution >= 0.6 is 11.6 Å². The van der Waals surface area contributed by atoms with Crippen molar-refractivity contribution in [2.45, 2.75) is 166 Å². The number of ketones is 1. The van der Waals surface area contributed by atoms with Crippen molar-refractivity contribution in [3.63, 3.8) is 0 Å². The first-order valence-electron chi connectivity index (χ1n) is 22.5. The highest BCUT2D eigenvalue weighted by atomic mass is 35.5. The van der Waals surface area contributed by atoms with E-state index in [1.54, 1.807) is 19.1 Å². The normalized spacial score (nSPS) is 42.1. The van der Waals surface area contributed by atoms with Gasteiger partial charge in [-0.05, 0) is 105 Å². The molecule has 3 saturated carbocycles. The van der Waals surface area contributed by atoms with Crippen LogP contribution in [0.5, 0.6) is 5.75 Å². The number of hydrogen-bond acceptors (Lipinski definition) is 14. The molecule has 4 N–H and O–H groups in total. The number of ether oxygens (including phenoxy) is 7. The summed E-state index contributed by atoms with van der Waals surface area (Å²) < 4.78 is 41.7. The number of fused-ring (bicyclic) bond motifs is 5. The summed E-state index contributed by atoms with van der Waals surface area (Å²) in [6, 6.07) is 6.06. The number of alkyl halides is 1. The number of halogens is 1. The zero-order chi connectivity index (χ0) is 44.9. The first kappa shape index (κ1) is 47.3. The number of methoxy groups -OCH3 is 1. The van der Waals surface area contributed by atoms with Crippen molar-refractivity contribution in [3.05, 3.63) is 41.5 Å². The van der Waals surface area contributed by atoms with E-state index in [-0.39, 0.29) is 46.5 Å². The van der Waals surface area contributed by atoms with Crippen molar-refractivity contribution in [1.82, 2.24) is 0 Å². The summed E-state index contributed by atoms with van der Waals surface area (Å²) in [6.07, 6.45) is -3.91. The largest absolute Gasteiger partial charge is 0.497 e. The van der Waals surface area contributed by atoms with Gasteiger partial charge in [0.05, 0.1) is 32.0 Å². The van der Waals surface area contributed by atoms with E-state index in [9.17, 15) is 34.8 Å². The number of allylic oxidation sites excluding steroid dienone is 2. The van der Waals surface area contributed by atoms with Crippen LogP contribution < -0.4 is 4.74 Å². The van der Waals surface area contributed by atoms with Crippen LogP contribution in [0.15, 0.2) is 35.9 Å². The second-order valence-corrected chi connectivity index (χ2v) is 20.3. The van der Waals surface area contributed by atoms with Gasteiger partial charge in [0.25, 0.3) is 0 Å². The van der Waals surface area contributed by atoms with Crippen molar-refractivity contribution in [3.8, 4) is 5.75 Å². The lowest BCUT2D eigenvalue weighted by molar-refractivity contribution is -0.345. The van der Waals surface area contributed by atoms with Gasteiger partial charge in [-0.15, -0.1) is 11.6 Å². The second-order valence-electron chi connectivity index (χ2n) is 19.7. The number of benzene rings is 1. The highest BCUT2D eigenvalue weighted by molar-refractivity contribution is 6.20. The monoisotopic (exact) mass is 890 g/mol. The third kappa shape index (κ3) is 8.74. The minimum absolute atomic E-state index is 0.00929. The summed E-state index contributed by atoms with van der Waals surface area (Å²) in [4.78, 5) is 40.3. The van der Waals surface area contributed by atoms with Crippen LogP contribution in [0.3, 0.4) is 0 Å². The van der Waals surface area contributed by atoms with Crippen LogP contribution in [0.2, 0.25) is 0 Å². The smallest absolute Gasteiger partial charge is 0.338 e. The number of carbonyl (C=O) groups is 3. The van der Waals surface area contributed by atoms with Gasteiger partial charge in [-0.25, -0.2) is 4.79 Å². The first-order chi connectivity index (χ1) is 29.3. The molecule has 7 rings (SSSR count). The summed E-state index contributed by atoms with van der Waals surface area (Å²) in [5.74, 6) is -1.13. The molecule has 2 saturated heterocycles. The van der Waals surface area contributed by atoms with Crippen LogP contribution in [0.4, 0.5) is 0 Å². The molecule has 2 aliphatic heterocycles. The summed E-state index contributed by atoms with van der Waals surface area (Å²) in [5.41, 5.74) is -0.842. The fourth-order valence-electron chi connectivity index (χ4n) is 12.1. The maximum Gasteiger partial charge on any atom is 0.338 e. The Labute approximate surface area is 369 Å². The molecule has 15 heteroatoms. The molecule has 0 bridgehead atoms. The molecule has 346 valence electrons. The minimum atomic E-state index is -1.65. The van der Waals surface area contributed by atoms with Gasteiger partial charge in [0, 0.05) is 30.1 Å². The van der Waals surface area contributed by atoms with Crippen LogP contribution in [0, 0.1) is 40.4 Å². The molecule has 2 heterocycles. The zero-order valence-electron chi connectivity index (χ0n) is 37.1. The van der Waals surface area contributed by atoms with Crippen LogP contribution in [-0.4, -0.2) is 125 Å². The van der Waals surface area contributed by atoms with E-state index in [1.807, 2.05) is 0 Å². The zero-order valence-corrected chi connectivity index (χ0v) is 37.8. The molecule has 5 fully saturated rings. The van der Waals surface area contributed by atoms with E-state index in [2.05, 4.69) is 33.8 Å². The van der Waals surface area contributed by atoms with Gasteiger partial charge in [-0.3, -0.25) is 9.59 Å². The van der Waals surface area contributed by atoms with E-state index in [0.29, 0.717) is 37.4 Å². The topological polar surface area (TPSA) is 197 Å². The highest BCUT2D eigenvalue weighted by Crippen LogP contribution is 2.69. The van der Waals surface area contributed by atoms with Crippen LogP contribution in [-0.2, 0) is 38.0 Å². The standard InChI is InChI=1S/C47H67ClO14/c1-24(2)8-15-34(50)25(3)47(55)37(21-33-31-14-11-28-20-29(48)16-18-45(28,5)32(31)17-19-46(33,47)6)60-44-41(59-26(4)49)39(36(52)23-58-44)62-43-40(38(53)35(51)22-57-43)61-42(54)27-9-12-30(56-7)13-10-27/h9-13,24-25,29,31-33,35-41,43-44,51-53,55H,8,14-23H2,1-7H3/t25-,29+,31-,32+,33+,35-,36+,37+,38+,39+,40-,41-,43+,44+,45+,46+,47-/m1/s1. The van der Waals surface area contributed by atoms with Crippen molar-refractivity contribution in [2.75, 3.05) is 20.3 Å². The van der Waals surface area contributed by atoms with Crippen molar-refractivity contribution in [2.24, 2.45) is 40.4 Å². The maximum atomic E-state index is 14.2. The van der Waals surface area contributed by atoms with Crippen molar-refractivity contribution in [1.29, 1.82) is 0 Å². The quantitative estimate of drug-likeness (QED) is 0.114. The molecule has 0 spiro atoms. The van der Waals surface area contributed by atoms with Gasteiger partial charge in [-0.2, -0.15) is 0 Å². The predicted octanol–water partition coefficient (Wildman–Crippen LogP) is 5.27. The Kier molecular flexibility index (Phi) is 14.3. The molecule has 17 atom stereocenters. The Balaban J connectivity index is 1.18. The third-order valence-corrected chi connectivity index (χ3v) is 16.1. The van der Waals surface area contributed by atoms with E-state index >= 15 is 0 Å². The molecule has 0 amide bonds. The summed E-state index contributed by atoms with van der Waals surface area (Å²) in [7, 11) is 1.48. The molecule has 1 aromatic carbocycles. The molecule has 1 aromatic rings. The lowest BCUT2D eigenvalue weighted by Gasteiger charge is -2.59. The molecule has 4 aliphatic carbocycles. The van der Waals surface area contributed by atoms with Gasteiger partial charge < -0.3 is 53.6 Å². The number of Topliss-reactive ketones (excluding diaryl/α,β-unsaturated/α-hetero) is 1. The average molecular weight is 891 g/mol. The van der Waals surface area contributed by atoms with E-state index in [1.165, 1.54) is 31.7 Å². The van der Waals surface area contributed by atoms with Crippen LogP contribution in [0.25, 0.3) is 0 Å². The number of rotatable bonds is 13. The van der Waals surface area contributed by atoms with Gasteiger partial charge in [0.15, 0.2) is 24.8 Å². The van der Waals surface area contributed by atoms with Gasteiger partial charge >= 0.3 is 11.9 Å². The minimum Gasteiger partial charge on any atom is -0.497 e. The number of carbonyl (C=O) groups excluding carboxylic acids is 3. The molecule has 0 unspecified atom stereocenters. The lowest BCUT2D eigenvalue weighted by atomic mass is 9.46. The van der Waals surface area contributed by atoms with Crippen LogP contribution in [0.1, 0.15) is 110 Å². The van der Waals surface area contributed by atoms with E-state index in [4.69, 9.17) is 44.8 Å². The molecule has 6 aliphatic rings. The molecular formula is C47H67ClO14. The highest BCUT2D eigenvalue weighted by Gasteiger charge is 2.70. The Morgan fingerprint density at radius 1 is 0.887 bits per heavy atom. The summed E-state index contributed by atoms with van der Waals surface area (Å²) in [5, 5.41) is 46.6. The van der Waals surface area contributed by atoms with E-state index in [0.717, 1.165) is 32.1 Å². The lowest BCUT2D eigenvalue weighted by Crippen LogP contribution is -2.64. The maximum absolute atomic E-state index is 14.2. The first-order valence-corrected chi connectivity index (χ1v) is 22.9. The van der Waals surface area contributed by atoms with Gasteiger partial charge in [0.2, 0.25) is 0 Å². The van der Waals surface area contributed by atoms with Crippen molar-refractivity contribution >= 4 is 29.3 Å². The second kappa shape index (κ2) is 18.7. The summed E-state index contributed by atoms with van der Waals surface area (Å²) in [6.45, 7) is 10.8. The Hall–Kier alpha value is -2.66. The Morgan fingerprint density at radius 2 is 1.56 bits per heavy atom. The molecule has 0 aromatic heterocycles. The Bertz CT molecular complexity index is 1810. The van der Waals surface area contributed by atoms with Crippen molar-refractivity contribution < 1.29 is 68.0 Å². The van der Waals surface area contributed by atoms with Gasteiger partial charge in [-0.1, -0.05) is 46.3 Å². The summed E-state index contributed by atoms with van der Waals surface area (Å²) >= 11 is 6.69. The number of hydrogen-bond donors (Lipinski definition) is 4. The predicted molar refractivity (Wildman–Crippen MR) is 225 cm³/mol. The number of esters is 2. The van der Waals surface area contributed by atoms with Gasteiger partial charge in [0.1, 0.15) is 41.5 Å². The fourth-order valence-corrected chi connectivity index (χ4v) is 12.3.